The number of ether oxygens (including phenoxy) is 2. The second-order valence-electron chi connectivity index (χ2n) is 4.60. The van der Waals surface area contributed by atoms with Gasteiger partial charge in [0, 0.05) is 13.2 Å². The Morgan fingerprint density at radius 2 is 2.11 bits per heavy atom. The van der Waals surface area contributed by atoms with Crippen LogP contribution >= 0.6 is 0 Å². The Balaban J connectivity index is 3.02. The fraction of sp³-hybridized carbons (Fsp3) is 0.769. The topological polar surface area (TPSA) is 48.3 Å². The number of methoxy groups -OCH3 is 2. The van der Waals surface area contributed by atoms with Gasteiger partial charge in [-0.15, -0.1) is 0 Å². The molecule has 1 atom stereocenters. The zero-order valence-corrected chi connectivity index (χ0v) is 12.1. The predicted molar refractivity (Wildman–Crippen MR) is 72.1 cm³/mol. The second kappa shape index (κ2) is 7.38. The Hall–Kier alpha value is -1.07. The molecule has 0 aliphatic carbocycles. The average Bonchev–Trinajstić information content (AvgIpc) is 2.78. The maximum Gasteiger partial charge on any atom is 0.161 e. The normalized spacial score (nSPS) is 13.0. The van der Waals surface area contributed by atoms with Crippen LogP contribution in [0.1, 0.15) is 45.0 Å². The van der Waals surface area contributed by atoms with E-state index in [1.165, 1.54) is 0 Å². The summed E-state index contributed by atoms with van der Waals surface area (Å²) in [4.78, 5) is 0. The van der Waals surface area contributed by atoms with Crippen molar-refractivity contribution in [2.75, 3.05) is 27.4 Å². The highest BCUT2D eigenvalue weighted by Gasteiger charge is 2.22. The van der Waals surface area contributed by atoms with Crippen LogP contribution < -0.4 is 10.1 Å². The first-order valence-electron chi connectivity index (χ1n) is 6.49. The third kappa shape index (κ3) is 3.46. The number of hydrogen-bond acceptors (Lipinski definition) is 4. The van der Waals surface area contributed by atoms with E-state index < -0.39 is 0 Å². The van der Waals surface area contributed by atoms with Crippen molar-refractivity contribution in [1.82, 2.24) is 15.1 Å². The lowest BCUT2D eigenvalue weighted by Crippen LogP contribution is -2.29. The average molecular weight is 255 g/mol. The van der Waals surface area contributed by atoms with Crippen molar-refractivity contribution < 1.29 is 9.47 Å². The highest BCUT2D eigenvalue weighted by Crippen LogP contribution is 2.27. The molecule has 5 nitrogen and oxygen atoms in total. The molecular weight excluding hydrogens is 230 g/mol. The summed E-state index contributed by atoms with van der Waals surface area (Å²) in [6, 6.07) is 0.404. The molecule has 1 aromatic rings. The lowest BCUT2D eigenvalue weighted by molar-refractivity contribution is 0.161. The molecule has 0 fully saturated rings. The molecule has 1 aromatic heterocycles. The summed E-state index contributed by atoms with van der Waals surface area (Å²) < 4.78 is 12.7. The van der Waals surface area contributed by atoms with Crippen LogP contribution in [0.25, 0.3) is 0 Å². The first-order valence-corrected chi connectivity index (χ1v) is 6.49. The van der Waals surface area contributed by atoms with Crippen molar-refractivity contribution >= 4 is 0 Å². The molecule has 1 heterocycles. The Morgan fingerprint density at radius 1 is 1.39 bits per heavy atom. The lowest BCUT2D eigenvalue weighted by Gasteiger charge is -2.21. The molecule has 1 N–H and O–H groups in total. The number of hydrogen-bond donors (Lipinski definition) is 1. The van der Waals surface area contributed by atoms with Crippen LogP contribution in [-0.4, -0.2) is 37.2 Å². The van der Waals surface area contributed by atoms with Gasteiger partial charge in [0.05, 0.1) is 31.6 Å². The van der Waals surface area contributed by atoms with E-state index in [4.69, 9.17) is 9.47 Å². The van der Waals surface area contributed by atoms with Crippen LogP contribution in [0.5, 0.6) is 5.75 Å². The van der Waals surface area contributed by atoms with Gasteiger partial charge in [-0.2, -0.15) is 5.10 Å². The van der Waals surface area contributed by atoms with Crippen molar-refractivity contribution in [1.29, 1.82) is 0 Å². The smallest absolute Gasteiger partial charge is 0.161 e. The van der Waals surface area contributed by atoms with Crippen molar-refractivity contribution in [3.63, 3.8) is 0 Å². The largest absolute Gasteiger partial charge is 0.493 e. The molecule has 1 unspecified atom stereocenters. The SMILES string of the molecule is CCCNC(COC)c1c(OC)cnn1C(C)C. The molecule has 0 radical (unpaired) electrons. The molecule has 0 saturated carbocycles. The minimum atomic E-state index is 0.106. The van der Waals surface area contributed by atoms with E-state index in [-0.39, 0.29) is 6.04 Å². The predicted octanol–water partition coefficient (Wildman–Crippen LogP) is 2.16. The third-order valence-electron chi connectivity index (χ3n) is 2.81. The van der Waals surface area contributed by atoms with Gasteiger partial charge in [0.1, 0.15) is 0 Å². The highest BCUT2D eigenvalue weighted by molar-refractivity contribution is 5.29. The van der Waals surface area contributed by atoms with E-state index in [0.717, 1.165) is 24.4 Å². The van der Waals surface area contributed by atoms with E-state index in [0.29, 0.717) is 12.6 Å². The summed E-state index contributed by atoms with van der Waals surface area (Å²) in [5.41, 5.74) is 1.06. The number of nitrogens with one attached hydrogen (secondary N) is 1. The van der Waals surface area contributed by atoms with Crippen molar-refractivity contribution in [2.24, 2.45) is 0 Å². The number of aromatic nitrogens is 2. The van der Waals surface area contributed by atoms with E-state index in [1.54, 1.807) is 20.4 Å². The first kappa shape index (κ1) is 15.0. The zero-order chi connectivity index (χ0) is 13.5. The standard InChI is InChI=1S/C13H25N3O2/c1-6-7-14-11(9-17-4)13-12(18-5)8-15-16(13)10(2)3/h8,10-11,14H,6-7,9H2,1-5H3. The number of nitrogens with zero attached hydrogens (tertiary/aromatic N) is 2. The van der Waals surface area contributed by atoms with E-state index in [9.17, 15) is 0 Å². The van der Waals surface area contributed by atoms with Gasteiger partial charge >= 0.3 is 0 Å². The molecule has 0 aliphatic rings. The van der Waals surface area contributed by atoms with Gasteiger partial charge in [0.15, 0.2) is 5.75 Å². The van der Waals surface area contributed by atoms with Crippen molar-refractivity contribution in [3.8, 4) is 5.75 Å². The first-order chi connectivity index (χ1) is 8.65. The van der Waals surface area contributed by atoms with Crippen LogP contribution in [0.15, 0.2) is 6.20 Å². The van der Waals surface area contributed by atoms with Crippen molar-refractivity contribution in [3.05, 3.63) is 11.9 Å². The third-order valence-corrected chi connectivity index (χ3v) is 2.81. The van der Waals surface area contributed by atoms with E-state index in [2.05, 4.69) is 31.2 Å². The van der Waals surface area contributed by atoms with Gasteiger partial charge < -0.3 is 14.8 Å². The summed E-state index contributed by atoms with van der Waals surface area (Å²) in [6.07, 6.45) is 2.85. The van der Waals surface area contributed by atoms with Gasteiger partial charge in [0.2, 0.25) is 0 Å². The Bertz CT molecular complexity index is 350. The molecule has 0 aromatic carbocycles. The van der Waals surface area contributed by atoms with Gasteiger partial charge in [-0.25, -0.2) is 0 Å². The van der Waals surface area contributed by atoms with Crippen LogP contribution in [0.3, 0.4) is 0 Å². The fourth-order valence-corrected chi connectivity index (χ4v) is 1.98. The summed E-state index contributed by atoms with van der Waals surface area (Å²) in [5.74, 6) is 0.814. The molecule has 5 heteroatoms. The summed E-state index contributed by atoms with van der Waals surface area (Å²) in [7, 11) is 3.39. The van der Waals surface area contributed by atoms with E-state index >= 15 is 0 Å². The highest BCUT2D eigenvalue weighted by atomic mass is 16.5. The number of rotatable bonds is 8. The van der Waals surface area contributed by atoms with Gasteiger partial charge in [0.25, 0.3) is 0 Å². The maximum absolute atomic E-state index is 5.40. The second-order valence-corrected chi connectivity index (χ2v) is 4.60. The molecule has 18 heavy (non-hydrogen) atoms. The van der Waals surface area contributed by atoms with Gasteiger partial charge in [-0.1, -0.05) is 6.92 Å². The monoisotopic (exact) mass is 255 g/mol. The Kier molecular flexibility index (Phi) is 6.15. The van der Waals surface area contributed by atoms with Gasteiger partial charge in [-0.05, 0) is 26.8 Å². The minimum Gasteiger partial charge on any atom is -0.493 e. The molecule has 0 saturated heterocycles. The lowest BCUT2D eigenvalue weighted by atomic mass is 10.2. The van der Waals surface area contributed by atoms with Crippen molar-refractivity contribution in [2.45, 2.75) is 39.3 Å². The van der Waals surface area contributed by atoms with Crippen LogP contribution in [-0.2, 0) is 4.74 Å². The minimum absolute atomic E-state index is 0.106. The molecule has 104 valence electrons. The Labute approximate surface area is 109 Å². The van der Waals surface area contributed by atoms with Crippen LogP contribution in [0.4, 0.5) is 0 Å². The quantitative estimate of drug-likeness (QED) is 0.773. The molecular formula is C13H25N3O2. The summed E-state index contributed by atoms with van der Waals surface area (Å²) >= 11 is 0. The summed E-state index contributed by atoms with van der Waals surface area (Å²) in [6.45, 7) is 7.92. The van der Waals surface area contributed by atoms with Crippen LogP contribution in [0.2, 0.25) is 0 Å². The molecule has 0 amide bonds. The zero-order valence-electron chi connectivity index (χ0n) is 12.1. The molecule has 0 bridgehead atoms. The van der Waals surface area contributed by atoms with Gasteiger partial charge in [-0.3, -0.25) is 4.68 Å². The van der Waals surface area contributed by atoms with Crippen LogP contribution in [0, 0.1) is 0 Å². The maximum atomic E-state index is 5.40. The van der Waals surface area contributed by atoms with E-state index in [1.807, 2.05) is 4.68 Å². The molecule has 1 rings (SSSR count). The molecule has 0 spiro atoms. The molecule has 0 aliphatic heterocycles. The fourth-order valence-electron chi connectivity index (χ4n) is 1.98. The Morgan fingerprint density at radius 3 is 2.61 bits per heavy atom. The summed E-state index contributed by atoms with van der Waals surface area (Å²) in [5, 5.41) is 7.87.